The summed E-state index contributed by atoms with van der Waals surface area (Å²) in [5, 5.41) is 11.7. The van der Waals surface area contributed by atoms with Gasteiger partial charge in [0.25, 0.3) is 0 Å². The van der Waals surface area contributed by atoms with Gasteiger partial charge >= 0.3 is 0 Å². The van der Waals surface area contributed by atoms with Crippen molar-refractivity contribution in [3.8, 4) is 11.1 Å². The molecule has 0 saturated heterocycles. The van der Waals surface area contributed by atoms with Gasteiger partial charge in [0.05, 0.1) is 0 Å². The van der Waals surface area contributed by atoms with Gasteiger partial charge in [-0.25, -0.2) is 0 Å². The van der Waals surface area contributed by atoms with E-state index in [1.54, 1.807) is 0 Å². The number of benzene rings is 6. The predicted molar refractivity (Wildman–Crippen MR) is 169 cm³/mol. The molecule has 0 aliphatic heterocycles. The summed E-state index contributed by atoms with van der Waals surface area (Å²) in [6.45, 7) is 0.785. The zero-order chi connectivity index (χ0) is 25.1. The Labute approximate surface area is 228 Å². The first kappa shape index (κ1) is 21.9. The van der Waals surface area contributed by atoms with Crippen LogP contribution >= 0.6 is 22.7 Å². The summed E-state index contributed by atoms with van der Waals surface area (Å²) in [6, 6.07) is 44.3. The van der Waals surface area contributed by atoms with Crippen molar-refractivity contribution in [1.29, 1.82) is 0 Å². The van der Waals surface area contributed by atoms with Crippen LogP contribution in [0.4, 0.5) is 5.69 Å². The highest BCUT2D eigenvalue weighted by molar-refractivity contribution is 7.26. The lowest BCUT2D eigenvalue weighted by Gasteiger charge is -2.10. The fraction of sp³-hybridized carbons (Fsp3) is 0.0286. The molecule has 3 heteroatoms. The Morgan fingerprint density at radius 3 is 2.05 bits per heavy atom. The molecule has 0 spiro atoms. The molecular weight excluding hydrogens is 499 g/mol. The molecule has 0 atom stereocenters. The summed E-state index contributed by atoms with van der Waals surface area (Å²) in [5.74, 6) is 0. The average Bonchev–Trinajstić information content (AvgIpc) is 3.54. The minimum atomic E-state index is 0.785. The molecule has 0 fully saturated rings. The highest BCUT2D eigenvalue weighted by Gasteiger charge is 2.14. The highest BCUT2D eigenvalue weighted by atomic mass is 32.1. The number of rotatable bonds is 4. The molecule has 8 rings (SSSR count). The van der Waals surface area contributed by atoms with Gasteiger partial charge in [0.1, 0.15) is 0 Å². The molecule has 0 bridgehead atoms. The third-order valence-corrected chi connectivity index (χ3v) is 9.80. The number of thiophene rings is 2. The Morgan fingerprint density at radius 1 is 0.474 bits per heavy atom. The van der Waals surface area contributed by atoms with Crippen molar-refractivity contribution in [1.82, 2.24) is 0 Å². The van der Waals surface area contributed by atoms with Crippen LogP contribution in [0, 0.1) is 0 Å². The van der Waals surface area contributed by atoms with E-state index in [1.165, 1.54) is 73.5 Å². The maximum Gasteiger partial charge on any atom is 0.0437 e. The van der Waals surface area contributed by atoms with Crippen LogP contribution in [0.25, 0.3) is 62.2 Å². The minimum Gasteiger partial charge on any atom is -0.380 e. The number of fused-ring (bicyclic) bond motifs is 7. The van der Waals surface area contributed by atoms with E-state index in [4.69, 9.17) is 0 Å². The molecule has 0 saturated carbocycles. The van der Waals surface area contributed by atoms with Crippen LogP contribution in [0.15, 0.2) is 121 Å². The van der Waals surface area contributed by atoms with Crippen molar-refractivity contribution in [2.45, 2.75) is 6.54 Å². The first-order valence-electron chi connectivity index (χ1n) is 12.9. The topological polar surface area (TPSA) is 12.0 Å². The average molecular weight is 522 g/mol. The van der Waals surface area contributed by atoms with Gasteiger partial charge < -0.3 is 5.32 Å². The molecule has 0 unspecified atom stereocenters. The van der Waals surface area contributed by atoms with Gasteiger partial charge in [-0.2, -0.15) is 0 Å². The lowest BCUT2D eigenvalue weighted by Crippen LogP contribution is -1.99. The molecule has 2 aromatic heterocycles. The zero-order valence-corrected chi connectivity index (χ0v) is 22.2. The van der Waals surface area contributed by atoms with Crippen molar-refractivity contribution in [3.05, 3.63) is 127 Å². The molecule has 0 aliphatic rings. The Balaban J connectivity index is 1.24. The third kappa shape index (κ3) is 3.43. The van der Waals surface area contributed by atoms with E-state index in [2.05, 4.69) is 127 Å². The van der Waals surface area contributed by atoms with Gasteiger partial charge in [-0.05, 0) is 63.9 Å². The molecule has 0 amide bonds. The molecule has 1 N–H and O–H groups in total. The third-order valence-electron chi connectivity index (χ3n) is 7.52. The Bertz CT molecular complexity index is 2140. The predicted octanol–water partition coefficient (Wildman–Crippen LogP) is 10.9. The van der Waals surface area contributed by atoms with Crippen LogP contribution in [-0.2, 0) is 6.54 Å². The van der Waals surface area contributed by atoms with Gasteiger partial charge in [0.2, 0.25) is 0 Å². The molecule has 2 heterocycles. The lowest BCUT2D eigenvalue weighted by atomic mass is 9.94. The van der Waals surface area contributed by atoms with E-state index in [9.17, 15) is 0 Å². The number of nitrogens with one attached hydrogen (secondary N) is 1. The first-order chi connectivity index (χ1) is 18.8. The van der Waals surface area contributed by atoms with E-state index < -0.39 is 0 Å². The van der Waals surface area contributed by atoms with E-state index in [0.29, 0.717) is 0 Å². The molecule has 180 valence electrons. The summed E-state index contributed by atoms with van der Waals surface area (Å²) in [6.07, 6.45) is 0. The van der Waals surface area contributed by atoms with Crippen molar-refractivity contribution < 1.29 is 0 Å². The van der Waals surface area contributed by atoms with E-state index in [0.717, 1.165) is 6.54 Å². The van der Waals surface area contributed by atoms with Gasteiger partial charge in [0, 0.05) is 52.6 Å². The SMILES string of the molecule is c1ccc2c(-c3cccc4sc5ccc(CNc6cccc7sc8ccccc8c67)cc5c34)cccc2c1. The molecule has 6 aromatic carbocycles. The fourth-order valence-electron chi connectivity index (χ4n) is 5.79. The normalized spacial score (nSPS) is 11.8. The summed E-state index contributed by atoms with van der Waals surface area (Å²) < 4.78 is 5.34. The van der Waals surface area contributed by atoms with Gasteiger partial charge in [-0.1, -0.05) is 84.9 Å². The molecule has 0 radical (unpaired) electrons. The van der Waals surface area contributed by atoms with Gasteiger partial charge in [0.15, 0.2) is 0 Å². The second-order valence-corrected chi connectivity index (χ2v) is 11.9. The van der Waals surface area contributed by atoms with Crippen LogP contribution < -0.4 is 5.32 Å². The number of hydrogen-bond acceptors (Lipinski definition) is 3. The molecule has 1 nitrogen and oxygen atoms in total. The van der Waals surface area contributed by atoms with Gasteiger partial charge in [-0.15, -0.1) is 22.7 Å². The summed E-state index contributed by atoms with van der Waals surface area (Å²) in [4.78, 5) is 0. The van der Waals surface area contributed by atoms with Crippen LogP contribution in [0.3, 0.4) is 0 Å². The van der Waals surface area contributed by atoms with E-state index in [-0.39, 0.29) is 0 Å². The van der Waals surface area contributed by atoms with Crippen molar-refractivity contribution >= 4 is 79.5 Å². The fourth-order valence-corrected chi connectivity index (χ4v) is 8.03. The van der Waals surface area contributed by atoms with Crippen LogP contribution in [0.1, 0.15) is 5.56 Å². The quantitative estimate of drug-likeness (QED) is 0.243. The van der Waals surface area contributed by atoms with Crippen LogP contribution in [0.5, 0.6) is 0 Å². The summed E-state index contributed by atoms with van der Waals surface area (Å²) >= 11 is 3.75. The van der Waals surface area contributed by atoms with Crippen molar-refractivity contribution in [2.75, 3.05) is 5.32 Å². The summed E-state index contributed by atoms with van der Waals surface area (Å²) in [7, 11) is 0. The maximum absolute atomic E-state index is 3.77. The first-order valence-corrected chi connectivity index (χ1v) is 14.5. The smallest absolute Gasteiger partial charge is 0.0437 e. The maximum atomic E-state index is 3.77. The van der Waals surface area contributed by atoms with Gasteiger partial charge in [-0.3, -0.25) is 0 Å². The van der Waals surface area contributed by atoms with Crippen molar-refractivity contribution in [3.63, 3.8) is 0 Å². The Hall–Kier alpha value is -4.18. The molecular formula is C35H23NS2. The van der Waals surface area contributed by atoms with Crippen molar-refractivity contribution in [2.24, 2.45) is 0 Å². The number of anilines is 1. The largest absolute Gasteiger partial charge is 0.380 e. The van der Waals surface area contributed by atoms with Crippen LogP contribution in [-0.4, -0.2) is 0 Å². The number of hydrogen-bond donors (Lipinski definition) is 1. The minimum absolute atomic E-state index is 0.785. The molecule has 0 aliphatic carbocycles. The second-order valence-electron chi connectivity index (χ2n) is 9.77. The van der Waals surface area contributed by atoms with E-state index in [1.807, 2.05) is 22.7 Å². The molecule has 38 heavy (non-hydrogen) atoms. The molecule has 8 aromatic rings. The van der Waals surface area contributed by atoms with E-state index >= 15 is 0 Å². The Kier molecular flexibility index (Phi) is 5.00. The zero-order valence-electron chi connectivity index (χ0n) is 20.6. The second kappa shape index (κ2) is 8.70. The standard InChI is InChI=1S/C35H23NS2/c1-2-10-24-23(8-1)9-5-12-25(24)26-13-6-16-32-34(26)28-20-22(18-19-31(28)38-32)21-36-29-14-7-17-33-35(29)27-11-3-4-15-30(27)37-33/h1-20,36H,21H2. The van der Waals surface area contributed by atoms with Crippen LogP contribution in [0.2, 0.25) is 0 Å². The Morgan fingerprint density at radius 2 is 1.13 bits per heavy atom. The summed E-state index contributed by atoms with van der Waals surface area (Å²) in [5.41, 5.74) is 5.10. The monoisotopic (exact) mass is 521 g/mol. The lowest BCUT2D eigenvalue weighted by molar-refractivity contribution is 1.16. The highest BCUT2D eigenvalue weighted by Crippen LogP contribution is 2.42.